The average molecular weight is 430 g/mol. The molecule has 1 fully saturated rings. The molecule has 9 nitrogen and oxygen atoms in total. The van der Waals surface area contributed by atoms with E-state index in [1.807, 2.05) is 17.0 Å². The maximum absolute atomic E-state index is 12.6. The quantitative estimate of drug-likeness (QED) is 0.600. The van der Waals surface area contributed by atoms with E-state index >= 15 is 0 Å². The van der Waals surface area contributed by atoms with Crippen molar-refractivity contribution in [1.29, 1.82) is 0 Å². The third-order valence-corrected chi connectivity index (χ3v) is 6.34. The number of benzene rings is 1. The maximum atomic E-state index is 12.6. The number of hydrogen-bond donors (Lipinski definition) is 2. The second-order valence-corrected chi connectivity index (χ2v) is 9.30. The van der Waals surface area contributed by atoms with Gasteiger partial charge in [0.1, 0.15) is 5.39 Å². The van der Waals surface area contributed by atoms with Gasteiger partial charge in [-0.25, -0.2) is 8.42 Å². The lowest BCUT2D eigenvalue weighted by Crippen LogP contribution is -2.31. The molecule has 1 aliphatic heterocycles. The van der Waals surface area contributed by atoms with Crippen LogP contribution in [0.15, 0.2) is 51.2 Å². The van der Waals surface area contributed by atoms with Crippen LogP contribution < -0.4 is 10.9 Å². The lowest BCUT2D eigenvalue weighted by atomic mass is 9.96. The summed E-state index contributed by atoms with van der Waals surface area (Å²) in [6.45, 7) is 1.13. The predicted octanol–water partition coefficient (Wildman–Crippen LogP) is 2.15. The predicted molar refractivity (Wildman–Crippen MR) is 116 cm³/mol. The molecule has 0 saturated carbocycles. The van der Waals surface area contributed by atoms with Crippen LogP contribution in [0, 0.1) is 5.92 Å². The van der Waals surface area contributed by atoms with Crippen LogP contribution >= 0.6 is 0 Å². The minimum absolute atomic E-state index is 0.0880. The number of aliphatic imine (C=N–C) groups is 1. The SMILES string of the molecule is CN=CC1CCOC[C@@H]1n1nc(Nc2ccc(S(C)(=O)=O)cc2)c2c(=O)[nH]ccc21. The molecule has 1 aliphatic rings. The normalized spacial score (nSPS) is 20.1. The zero-order valence-electron chi connectivity index (χ0n) is 16.7. The smallest absolute Gasteiger partial charge is 0.261 e. The highest BCUT2D eigenvalue weighted by molar-refractivity contribution is 7.90. The molecule has 0 spiro atoms. The number of aromatic nitrogens is 3. The van der Waals surface area contributed by atoms with Crippen LogP contribution in [-0.4, -0.2) is 55.9 Å². The van der Waals surface area contributed by atoms with Crippen molar-refractivity contribution in [1.82, 2.24) is 14.8 Å². The Kier molecular flexibility index (Phi) is 5.44. The Morgan fingerprint density at radius 2 is 2.07 bits per heavy atom. The van der Waals surface area contributed by atoms with Crippen molar-refractivity contribution in [2.45, 2.75) is 17.4 Å². The number of nitrogens with zero attached hydrogens (tertiary/aromatic N) is 3. The first-order chi connectivity index (χ1) is 14.4. The second kappa shape index (κ2) is 8.04. The first-order valence-corrected chi connectivity index (χ1v) is 11.4. The number of fused-ring (bicyclic) bond motifs is 1. The zero-order valence-corrected chi connectivity index (χ0v) is 17.5. The molecule has 158 valence electrons. The van der Waals surface area contributed by atoms with Gasteiger partial charge in [-0.05, 0) is 36.8 Å². The number of ether oxygens (including phenoxy) is 1. The lowest BCUT2D eigenvalue weighted by Gasteiger charge is -2.29. The van der Waals surface area contributed by atoms with Gasteiger partial charge in [-0.15, -0.1) is 0 Å². The molecule has 2 atom stereocenters. The van der Waals surface area contributed by atoms with Gasteiger partial charge in [0.2, 0.25) is 0 Å². The van der Waals surface area contributed by atoms with Gasteiger partial charge in [0, 0.05) is 43.9 Å². The van der Waals surface area contributed by atoms with E-state index in [2.05, 4.69) is 15.3 Å². The molecule has 10 heteroatoms. The first-order valence-electron chi connectivity index (χ1n) is 9.55. The van der Waals surface area contributed by atoms with Gasteiger partial charge in [-0.1, -0.05) is 0 Å². The van der Waals surface area contributed by atoms with Gasteiger partial charge >= 0.3 is 0 Å². The van der Waals surface area contributed by atoms with Gasteiger partial charge < -0.3 is 20.0 Å². The van der Waals surface area contributed by atoms with Crippen LogP contribution in [0.25, 0.3) is 10.9 Å². The fourth-order valence-corrected chi connectivity index (χ4v) is 4.35. The van der Waals surface area contributed by atoms with E-state index in [0.717, 1.165) is 12.7 Å². The highest BCUT2D eigenvalue weighted by Crippen LogP contribution is 2.31. The number of rotatable bonds is 5. The van der Waals surface area contributed by atoms with Crippen LogP contribution in [-0.2, 0) is 14.6 Å². The van der Waals surface area contributed by atoms with Crippen molar-refractivity contribution in [3.8, 4) is 0 Å². The number of H-pyrrole nitrogens is 1. The van der Waals surface area contributed by atoms with Crippen molar-refractivity contribution >= 4 is 38.5 Å². The minimum Gasteiger partial charge on any atom is -0.379 e. The lowest BCUT2D eigenvalue weighted by molar-refractivity contribution is 0.0402. The maximum Gasteiger partial charge on any atom is 0.261 e. The molecular weight excluding hydrogens is 406 g/mol. The summed E-state index contributed by atoms with van der Waals surface area (Å²) < 4.78 is 30.9. The Balaban J connectivity index is 1.77. The van der Waals surface area contributed by atoms with Gasteiger partial charge in [0.05, 0.1) is 23.1 Å². The van der Waals surface area contributed by atoms with Gasteiger partial charge in [-0.3, -0.25) is 9.48 Å². The first kappa shape index (κ1) is 20.3. The van der Waals surface area contributed by atoms with Gasteiger partial charge in [-0.2, -0.15) is 5.10 Å². The van der Waals surface area contributed by atoms with E-state index in [4.69, 9.17) is 9.84 Å². The van der Waals surface area contributed by atoms with Crippen LogP contribution in [0.5, 0.6) is 0 Å². The summed E-state index contributed by atoms with van der Waals surface area (Å²) in [7, 11) is -1.54. The van der Waals surface area contributed by atoms with Gasteiger partial charge in [0.15, 0.2) is 15.7 Å². The number of sulfone groups is 1. The van der Waals surface area contributed by atoms with Crippen molar-refractivity contribution in [3.05, 3.63) is 46.9 Å². The Bertz CT molecular complexity index is 1240. The number of hydrogen-bond acceptors (Lipinski definition) is 7. The van der Waals surface area contributed by atoms with Crippen molar-refractivity contribution in [2.75, 3.05) is 31.8 Å². The molecule has 0 bridgehead atoms. The molecule has 30 heavy (non-hydrogen) atoms. The Hall–Kier alpha value is -2.98. The highest BCUT2D eigenvalue weighted by atomic mass is 32.2. The third-order valence-electron chi connectivity index (χ3n) is 5.21. The number of pyridine rings is 1. The average Bonchev–Trinajstić information content (AvgIpc) is 3.08. The molecule has 3 aromatic rings. The summed E-state index contributed by atoms with van der Waals surface area (Å²) in [5.74, 6) is 0.546. The van der Waals surface area contributed by atoms with E-state index in [9.17, 15) is 13.2 Å². The van der Waals surface area contributed by atoms with Crippen molar-refractivity contribution in [3.63, 3.8) is 0 Å². The van der Waals surface area contributed by atoms with Crippen LogP contribution in [0.4, 0.5) is 11.5 Å². The fourth-order valence-electron chi connectivity index (χ4n) is 3.72. The van der Waals surface area contributed by atoms with E-state index in [1.54, 1.807) is 25.4 Å². The molecule has 2 N–H and O–H groups in total. The monoisotopic (exact) mass is 429 g/mol. The van der Waals surface area contributed by atoms with E-state index in [-0.39, 0.29) is 22.4 Å². The molecule has 1 aromatic carbocycles. The van der Waals surface area contributed by atoms with Crippen LogP contribution in [0.3, 0.4) is 0 Å². The molecule has 0 radical (unpaired) electrons. The highest BCUT2D eigenvalue weighted by Gasteiger charge is 2.29. The fraction of sp³-hybridized carbons (Fsp3) is 0.350. The van der Waals surface area contributed by atoms with Crippen molar-refractivity contribution < 1.29 is 13.2 Å². The Morgan fingerprint density at radius 3 is 2.77 bits per heavy atom. The number of aromatic amines is 1. The number of anilines is 2. The standard InChI is InChI=1S/C20H23N5O4S/c1-21-11-13-8-10-29-12-17(13)25-16-7-9-22-20(26)18(16)19(24-25)23-14-3-5-15(6-4-14)30(2,27)28/h3-7,9,11,13,17H,8,10,12H2,1-2H3,(H,22,26)(H,23,24)/t13?,17-/m0/s1. The molecular formula is C20H23N5O4S. The summed E-state index contributed by atoms with van der Waals surface area (Å²) in [5.41, 5.74) is 1.06. The Morgan fingerprint density at radius 1 is 1.30 bits per heavy atom. The summed E-state index contributed by atoms with van der Waals surface area (Å²) in [4.78, 5) is 19.7. The molecule has 2 aromatic heterocycles. The van der Waals surface area contributed by atoms with E-state index in [1.165, 1.54) is 12.1 Å². The molecule has 4 rings (SSSR count). The van der Waals surface area contributed by atoms with Gasteiger partial charge in [0.25, 0.3) is 5.56 Å². The van der Waals surface area contributed by atoms with Crippen LogP contribution in [0.2, 0.25) is 0 Å². The summed E-state index contributed by atoms with van der Waals surface area (Å²) in [6, 6.07) is 8.06. The molecule has 1 unspecified atom stereocenters. The summed E-state index contributed by atoms with van der Waals surface area (Å²) in [5, 5.41) is 8.28. The summed E-state index contributed by atoms with van der Waals surface area (Å²) in [6.07, 6.45) is 5.49. The third kappa shape index (κ3) is 3.88. The van der Waals surface area contributed by atoms with E-state index in [0.29, 0.717) is 35.6 Å². The van der Waals surface area contributed by atoms with Crippen LogP contribution in [0.1, 0.15) is 12.5 Å². The molecule has 1 saturated heterocycles. The topological polar surface area (TPSA) is 118 Å². The van der Waals surface area contributed by atoms with Crippen molar-refractivity contribution in [2.24, 2.45) is 10.9 Å². The zero-order chi connectivity index (χ0) is 21.3. The Labute approximate surface area is 173 Å². The van der Waals surface area contributed by atoms with E-state index < -0.39 is 9.84 Å². The summed E-state index contributed by atoms with van der Waals surface area (Å²) >= 11 is 0. The second-order valence-electron chi connectivity index (χ2n) is 7.28. The minimum atomic E-state index is -3.28. The molecule has 0 amide bonds. The number of nitrogens with one attached hydrogen (secondary N) is 2. The largest absolute Gasteiger partial charge is 0.379 e. The molecule has 3 heterocycles. The molecule has 0 aliphatic carbocycles.